The van der Waals surface area contributed by atoms with E-state index in [0.29, 0.717) is 0 Å². The van der Waals surface area contributed by atoms with E-state index < -0.39 is 0 Å². The summed E-state index contributed by atoms with van der Waals surface area (Å²) in [5.41, 5.74) is 5.85. The lowest BCUT2D eigenvalue weighted by Crippen LogP contribution is -2.42. The maximum Gasteiger partial charge on any atom is 0.191 e. The molecule has 14 heavy (non-hydrogen) atoms. The van der Waals surface area contributed by atoms with Crippen molar-refractivity contribution in [3.05, 3.63) is 0 Å². The third-order valence-corrected chi connectivity index (χ3v) is 2.96. The Morgan fingerprint density at radius 2 is 2.00 bits per heavy atom. The molecule has 1 aliphatic heterocycles. The lowest BCUT2D eigenvalue weighted by atomic mass is 9.93. The Bertz CT molecular complexity index is 181. The van der Waals surface area contributed by atoms with Crippen LogP contribution in [-0.4, -0.2) is 30.5 Å². The van der Waals surface area contributed by atoms with Crippen LogP contribution in [0.3, 0.4) is 0 Å². The molecular formula is C11H23N3. The lowest BCUT2D eigenvalue weighted by molar-refractivity contribution is 0.253. The van der Waals surface area contributed by atoms with Gasteiger partial charge in [-0.25, -0.2) is 0 Å². The van der Waals surface area contributed by atoms with Crippen LogP contribution in [0.2, 0.25) is 0 Å². The van der Waals surface area contributed by atoms with Crippen molar-refractivity contribution in [1.29, 1.82) is 0 Å². The molecule has 0 aromatic carbocycles. The Balaban J connectivity index is 2.31. The first-order valence-corrected chi connectivity index (χ1v) is 5.82. The standard InChI is InChI=1S/C11H23N3/c1-3-5-10-6-8-14(9-7-10)11(12)13-4-2/h10H,3-9H2,1-2H3,(H2,12,13). The quantitative estimate of drug-likeness (QED) is 0.554. The number of guanidine groups is 1. The minimum absolute atomic E-state index is 0.738. The van der Waals surface area contributed by atoms with E-state index in [4.69, 9.17) is 5.73 Å². The smallest absolute Gasteiger partial charge is 0.191 e. The number of hydrogen-bond donors (Lipinski definition) is 1. The number of rotatable bonds is 3. The molecule has 82 valence electrons. The predicted octanol–water partition coefficient (Wildman–Crippen LogP) is 1.83. The predicted molar refractivity (Wildman–Crippen MR) is 61.4 cm³/mol. The molecule has 2 N–H and O–H groups in total. The maximum atomic E-state index is 5.85. The number of nitrogens with zero attached hydrogens (tertiary/aromatic N) is 2. The topological polar surface area (TPSA) is 41.6 Å². The molecule has 0 unspecified atom stereocenters. The SMILES string of the molecule is CCCC1CCN(C(N)=NCC)CC1. The molecule has 0 aromatic heterocycles. The van der Waals surface area contributed by atoms with Gasteiger partial charge in [0.2, 0.25) is 0 Å². The first-order valence-electron chi connectivity index (χ1n) is 5.82. The Morgan fingerprint density at radius 1 is 1.36 bits per heavy atom. The van der Waals surface area contributed by atoms with Crippen molar-refractivity contribution in [1.82, 2.24) is 4.90 Å². The molecule has 0 bridgehead atoms. The van der Waals surface area contributed by atoms with Gasteiger partial charge in [0.05, 0.1) is 0 Å². The van der Waals surface area contributed by atoms with E-state index in [1.165, 1.54) is 25.7 Å². The Morgan fingerprint density at radius 3 is 2.50 bits per heavy atom. The van der Waals surface area contributed by atoms with Gasteiger partial charge in [0.1, 0.15) is 0 Å². The number of aliphatic imine (C=N–C) groups is 1. The molecule has 0 spiro atoms. The molecule has 0 aromatic rings. The van der Waals surface area contributed by atoms with E-state index >= 15 is 0 Å². The van der Waals surface area contributed by atoms with Crippen molar-refractivity contribution in [3.8, 4) is 0 Å². The van der Waals surface area contributed by atoms with Gasteiger partial charge in [0, 0.05) is 19.6 Å². The fourth-order valence-corrected chi connectivity index (χ4v) is 2.12. The van der Waals surface area contributed by atoms with Crippen LogP contribution in [0.5, 0.6) is 0 Å². The van der Waals surface area contributed by atoms with Gasteiger partial charge in [0.25, 0.3) is 0 Å². The summed E-state index contributed by atoms with van der Waals surface area (Å²) >= 11 is 0. The summed E-state index contributed by atoms with van der Waals surface area (Å²) in [5.74, 6) is 1.66. The molecule has 1 heterocycles. The largest absolute Gasteiger partial charge is 0.370 e. The van der Waals surface area contributed by atoms with Crippen LogP contribution in [0.4, 0.5) is 0 Å². The first-order chi connectivity index (χ1) is 6.77. The number of piperidine rings is 1. The summed E-state index contributed by atoms with van der Waals surface area (Å²) in [5, 5.41) is 0. The van der Waals surface area contributed by atoms with Crippen molar-refractivity contribution in [2.45, 2.75) is 39.5 Å². The normalized spacial score (nSPS) is 20.1. The molecule has 0 radical (unpaired) electrons. The van der Waals surface area contributed by atoms with Crippen LogP contribution in [0.15, 0.2) is 4.99 Å². The summed E-state index contributed by atoms with van der Waals surface area (Å²) in [6.07, 6.45) is 5.25. The third kappa shape index (κ3) is 3.20. The zero-order valence-electron chi connectivity index (χ0n) is 9.50. The second-order valence-electron chi connectivity index (χ2n) is 4.05. The number of nitrogens with two attached hydrogens (primary N) is 1. The summed E-state index contributed by atoms with van der Waals surface area (Å²) in [6, 6.07) is 0. The Hall–Kier alpha value is -0.730. The molecule has 1 rings (SSSR count). The Kier molecular flexibility index (Phi) is 4.77. The lowest BCUT2D eigenvalue weighted by Gasteiger charge is -2.32. The van der Waals surface area contributed by atoms with E-state index in [0.717, 1.165) is 31.5 Å². The van der Waals surface area contributed by atoms with Crippen LogP contribution in [0.1, 0.15) is 39.5 Å². The average Bonchev–Trinajstić information content (AvgIpc) is 2.20. The monoisotopic (exact) mass is 197 g/mol. The minimum Gasteiger partial charge on any atom is -0.370 e. The molecule has 0 amide bonds. The van der Waals surface area contributed by atoms with E-state index in [2.05, 4.69) is 16.8 Å². The van der Waals surface area contributed by atoms with Crippen LogP contribution < -0.4 is 5.73 Å². The molecule has 0 aliphatic carbocycles. The van der Waals surface area contributed by atoms with Gasteiger partial charge in [-0.3, -0.25) is 4.99 Å². The fraction of sp³-hybridized carbons (Fsp3) is 0.909. The number of hydrogen-bond acceptors (Lipinski definition) is 1. The summed E-state index contributed by atoms with van der Waals surface area (Å²) in [7, 11) is 0. The van der Waals surface area contributed by atoms with E-state index in [1.807, 2.05) is 6.92 Å². The summed E-state index contributed by atoms with van der Waals surface area (Å²) in [6.45, 7) is 7.27. The van der Waals surface area contributed by atoms with E-state index in [9.17, 15) is 0 Å². The highest BCUT2D eigenvalue weighted by Gasteiger charge is 2.19. The van der Waals surface area contributed by atoms with Crippen molar-refractivity contribution in [3.63, 3.8) is 0 Å². The molecule has 1 aliphatic rings. The van der Waals surface area contributed by atoms with Gasteiger partial charge in [0.15, 0.2) is 5.96 Å². The van der Waals surface area contributed by atoms with E-state index in [1.54, 1.807) is 0 Å². The third-order valence-electron chi connectivity index (χ3n) is 2.96. The Labute approximate surface area is 87.4 Å². The minimum atomic E-state index is 0.738. The molecule has 3 heteroatoms. The van der Waals surface area contributed by atoms with Crippen molar-refractivity contribution >= 4 is 5.96 Å². The first kappa shape index (κ1) is 11.3. The molecule has 0 saturated carbocycles. The van der Waals surface area contributed by atoms with Gasteiger partial charge < -0.3 is 10.6 Å². The molecule has 1 fully saturated rings. The number of likely N-dealkylation sites (tertiary alicyclic amines) is 1. The van der Waals surface area contributed by atoms with Crippen LogP contribution >= 0.6 is 0 Å². The molecule has 0 atom stereocenters. The van der Waals surface area contributed by atoms with Crippen molar-refractivity contribution in [2.75, 3.05) is 19.6 Å². The van der Waals surface area contributed by atoms with Crippen molar-refractivity contribution in [2.24, 2.45) is 16.6 Å². The molecule has 3 nitrogen and oxygen atoms in total. The summed E-state index contributed by atoms with van der Waals surface area (Å²) in [4.78, 5) is 6.46. The highest BCUT2D eigenvalue weighted by molar-refractivity contribution is 5.78. The van der Waals surface area contributed by atoms with Gasteiger partial charge in [-0.2, -0.15) is 0 Å². The molecule has 1 saturated heterocycles. The van der Waals surface area contributed by atoms with Gasteiger partial charge in [-0.15, -0.1) is 0 Å². The van der Waals surface area contributed by atoms with Gasteiger partial charge in [-0.05, 0) is 25.7 Å². The fourth-order valence-electron chi connectivity index (χ4n) is 2.12. The van der Waals surface area contributed by atoms with Crippen molar-refractivity contribution < 1.29 is 0 Å². The van der Waals surface area contributed by atoms with Crippen LogP contribution in [0.25, 0.3) is 0 Å². The highest BCUT2D eigenvalue weighted by Crippen LogP contribution is 2.21. The zero-order chi connectivity index (χ0) is 10.4. The van der Waals surface area contributed by atoms with Gasteiger partial charge in [-0.1, -0.05) is 19.8 Å². The van der Waals surface area contributed by atoms with Gasteiger partial charge >= 0.3 is 0 Å². The van der Waals surface area contributed by atoms with Crippen LogP contribution in [-0.2, 0) is 0 Å². The second-order valence-corrected chi connectivity index (χ2v) is 4.05. The van der Waals surface area contributed by atoms with Crippen LogP contribution in [0, 0.1) is 5.92 Å². The summed E-state index contributed by atoms with van der Waals surface area (Å²) < 4.78 is 0. The molecular weight excluding hydrogens is 174 g/mol. The highest BCUT2D eigenvalue weighted by atomic mass is 15.2. The zero-order valence-corrected chi connectivity index (χ0v) is 9.50. The van der Waals surface area contributed by atoms with E-state index in [-0.39, 0.29) is 0 Å². The maximum absolute atomic E-state index is 5.85. The second kappa shape index (κ2) is 5.89. The average molecular weight is 197 g/mol.